The Labute approximate surface area is 165 Å². The average Bonchev–Trinajstić information content (AvgIpc) is 3.08. The SMILES string of the molecule is CCOc1ccccc1OCCn1c(-c2ccccc2C)nc2ccccc21. The van der Waals surface area contributed by atoms with Crippen molar-refractivity contribution in [3.8, 4) is 22.9 Å². The van der Waals surface area contributed by atoms with Gasteiger partial charge in [0, 0.05) is 5.56 Å². The van der Waals surface area contributed by atoms with E-state index in [1.807, 2.05) is 43.3 Å². The maximum absolute atomic E-state index is 6.06. The lowest BCUT2D eigenvalue weighted by Crippen LogP contribution is -2.10. The first-order valence-corrected chi connectivity index (χ1v) is 9.64. The van der Waals surface area contributed by atoms with E-state index in [1.165, 1.54) is 5.56 Å². The number of benzene rings is 3. The number of aryl methyl sites for hydroxylation is 1. The molecule has 0 atom stereocenters. The number of hydrogen-bond acceptors (Lipinski definition) is 3. The third-order valence-corrected chi connectivity index (χ3v) is 4.76. The second-order valence-corrected chi connectivity index (χ2v) is 6.62. The number of imidazole rings is 1. The van der Waals surface area contributed by atoms with Crippen molar-refractivity contribution in [1.82, 2.24) is 9.55 Å². The van der Waals surface area contributed by atoms with E-state index in [0.717, 1.165) is 33.9 Å². The fourth-order valence-electron chi connectivity index (χ4n) is 3.42. The highest BCUT2D eigenvalue weighted by atomic mass is 16.5. The predicted octanol–water partition coefficient (Wildman–Crippen LogP) is 5.49. The molecular formula is C24H24N2O2. The van der Waals surface area contributed by atoms with Crippen LogP contribution >= 0.6 is 0 Å². The molecule has 0 unspecified atom stereocenters. The van der Waals surface area contributed by atoms with E-state index in [0.29, 0.717) is 19.8 Å². The molecule has 4 heteroatoms. The molecule has 4 rings (SSSR count). The normalized spacial score (nSPS) is 10.9. The van der Waals surface area contributed by atoms with Gasteiger partial charge in [0.05, 0.1) is 24.2 Å². The van der Waals surface area contributed by atoms with Crippen molar-refractivity contribution in [3.63, 3.8) is 0 Å². The summed E-state index contributed by atoms with van der Waals surface area (Å²) in [7, 11) is 0. The summed E-state index contributed by atoms with van der Waals surface area (Å²) in [5, 5.41) is 0. The first-order chi connectivity index (χ1) is 13.8. The summed E-state index contributed by atoms with van der Waals surface area (Å²) in [6, 6.07) is 24.4. The number of ether oxygens (including phenoxy) is 2. The average molecular weight is 372 g/mol. The van der Waals surface area contributed by atoms with Crippen molar-refractivity contribution in [1.29, 1.82) is 0 Å². The molecule has 0 bridgehead atoms. The van der Waals surface area contributed by atoms with Gasteiger partial charge in [-0.15, -0.1) is 0 Å². The number of para-hydroxylation sites is 4. The van der Waals surface area contributed by atoms with Crippen LogP contribution in [0.4, 0.5) is 0 Å². The molecule has 0 fully saturated rings. The van der Waals surface area contributed by atoms with Gasteiger partial charge in [0.25, 0.3) is 0 Å². The molecular weight excluding hydrogens is 348 g/mol. The van der Waals surface area contributed by atoms with E-state index in [-0.39, 0.29) is 0 Å². The zero-order chi connectivity index (χ0) is 19.3. The summed E-state index contributed by atoms with van der Waals surface area (Å²) in [4.78, 5) is 4.90. The minimum absolute atomic E-state index is 0.531. The summed E-state index contributed by atoms with van der Waals surface area (Å²) in [6.07, 6.45) is 0. The van der Waals surface area contributed by atoms with Gasteiger partial charge in [-0.05, 0) is 43.7 Å². The summed E-state index contributed by atoms with van der Waals surface area (Å²) in [6.45, 7) is 5.94. The Morgan fingerprint density at radius 3 is 2.29 bits per heavy atom. The molecule has 0 aliphatic rings. The lowest BCUT2D eigenvalue weighted by atomic mass is 10.1. The van der Waals surface area contributed by atoms with Crippen LogP contribution in [0.15, 0.2) is 72.8 Å². The van der Waals surface area contributed by atoms with E-state index >= 15 is 0 Å². The Morgan fingerprint density at radius 2 is 1.50 bits per heavy atom. The second kappa shape index (κ2) is 8.17. The van der Waals surface area contributed by atoms with E-state index in [2.05, 4.69) is 47.9 Å². The highest BCUT2D eigenvalue weighted by molar-refractivity contribution is 5.81. The van der Waals surface area contributed by atoms with Gasteiger partial charge in [-0.25, -0.2) is 4.98 Å². The van der Waals surface area contributed by atoms with Crippen LogP contribution in [0.3, 0.4) is 0 Å². The van der Waals surface area contributed by atoms with Gasteiger partial charge >= 0.3 is 0 Å². The smallest absolute Gasteiger partial charge is 0.161 e. The molecule has 0 saturated carbocycles. The van der Waals surface area contributed by atoms with E-state index in [9.17, 15) is 0 Å². The first-order valence-electron chi connectivity index (χ1n) is 9.64. The molecule has 4 aromatic rings. The van der Waals surface area contributed by atoms with E-state index in [4.69, 9.17) is 14.5 Å². The molecule has 1 heterocycles. The number of rotatable bonds is 7. The molecule has 3 aromatic carbocycles. The van der Waals surface area contributed by atoms with Crippen molar-refractivity contribution >= 4 is 11.0 Å². The zero-order valence-electron chi connectivity index (χ0n) is 16.3. The van der Waals surface area contributed by atoms with Crippen molar-refractivity contribution < 1.29 is 9.47 Å². The monoisotopic (exact) mass is 372 g/mol. The molecule has 0 spiro atoms. The Morgan fingerprint density at radius 1 is 0.821 bits per heavy atom. The van der Waals surface area contributed by atoms with Crippen LogP contribution < -0.4 is 9.47 Å². The maximum Gasteiger partial charge on any atom is 0.161 e. The topological polar surface area (TPSA) is 36.3 Å². The number of fused-ring (bicyclic) bond motifs is 1. The van der Waals surface area contributed by atoms with E-state index < -0.39 is 0 Å². The highest BCUT2D eigenvalue weighted by Crippen LogP contribution is 2.29. The Balaban J connectivity index is 1.64. The van der Waals surface area contributed by atoms with Gasteiger partial charge in [0.2, 0.25) is 0 Å². The third kappa shape index (κ3) is 3.58. The molecule has 0 N–H and O–H groups in total. The lowest BCUT2D eigenvalue weighted by Gasteiger charge is -2.14. The summed E-state index contributed by atoms with van der Waals surface area (Å²) in [5.41, 5.74) is 4.47. The van der Waals surface area contributed by atoms with Gasteiger partial charge in [0.15, 0.2) is 11.5 Å². The summed E-state index contributed by atoms with van der Waals surface area (Å²) < 4.78 is 14.0. The van der Waals surface area contributed by atoms with Crippen LogP contribution in [0.2, 0.25) is 0 Å². The Hall–Kier alpha value is -3.27. The summed E-state index contributed by atoms with van der Waals surface area (Å²) >= 11 is 0. The summed E-state index contributed by atoms with van der Waals surface area (Å²) in [5.74, 6) is 2.52. The standard InChI is InChI=1S/C24H24N2O2/c1-3-27-22-14-8-9-15-23(22)28-17-16-26-21-13-7-6-12-20(21)25-24(26)19-11-5-4-10-18(19)2/h4-15H,3,16-17H2,1-2H3. The fourth-order valence-corrected chi connectivity index (χ4v) is 3.42. The second-order valence-electron chi connectivity index (χ2n) is 6.62. The van der Waals surface area contributed by atoms with Crippen molar-refractivity contribution in [2.24, 2.45) is 0 Å². The largest absolute Gasteiger partial charge is 0.490 e. The molecule has 0 saturated heterocycles. The number of hydrogen-bond donors (Lipinski definition) is 0. The minimum Gasteiger partial charge on any atom is -0.490 e. The Kier molecular flexibility index (Phi) is 5.29. The fraction of sp³-hybridized carbons (Fsp3) is 0.208. The van der Waals surface area contributed by atoms with Gasteiger partial charge in [-0.2, -0.15) is 0 Å². The molecule has 0 aliphatic heterocycles. The van der Waals surface area contributed by atoms with Gasteiger partial charge in [-0.3, -0.25) is 0 Å². The lowest BCUT2D eigenvalue weighted by molar-refractivity contribution is 0.268. The molecule has 0 aliphatic carbocycles. The van der Waals surface area contributed by atoms with Gasteiger partial charge in [0.1, 0.15) is 12.4 Å². The predicted molar refractivity (Wildman–Crippen MR) is 113 cm³/mol. The van der Waals surface area contributed by atoms with Crippen LogP contribution in [0.1, 0.15) is 12.5 Å². The van der Waals surface area contributed by atoms with Crippen LogP contribution in [0.5, 0.6) is 11.5 Å². The van der Waals surface area contributed by atoms with Crippen molar-refractivity contribution in [2.75, 3.05) is 13.2 Å². The zero-order valence-corrected chi connectivity index (χ0v) is 16.3. The van der Waals surface area contributed by atoms with Crippen LogP contribution in [-0.4, -0.2) is 22.8 Å². The van der Waals surface area contributed by atoms with Crippen LogP contribution in [0, 0.1) is 6.92 Å². The molecule has 1 aromatic heterocycles. The van der Waals surface area contributed by atoms with Crippen LogP contribution in [0.25, 0.3) is 22.4 Å². The first kappa shape index (κ1) is 18.1. The number of nitrogens with zero attached hydrogens (tertiary/aromatic N) is 2. The van der Waals surface area contributed by atoms with Gasteiger partial charge in [-0.1, -0.05) is 48.5 Å². The quantitative estimate of drug-likeness (QED) is 0.430. The molecule has 142 valence electrons. The Bertz CT molecular complexity index is 1080. The molecule has 28 heavy (non-hydrogen) atoms. The number of aromatic nitrogens is 2. The van der Waals surface area contributed by atoms with Crippen LogP contribution in [-0.2, 0) is 6.54 Å². The highest BCUT2D eigenvalue weighted by Gasteiger charge is 2.14. The van der Waals surface area contributed by atoms with Crippen molar-refractivity contribution in [2.45, 2.75) is 20.4 Å². The third-order valence-electron chi connectivity index (χ3n) is 4.76. The molecule has 0 radical (unpaired) electrons. The molecule has 0 amide bonds. The molecule has 4 nitrogen and oxygen atoms in total. The van der Waals surface area contributed by atoms with Gasteiger partial charge < -0.3 is 14.0 Å². The van der Waals surface area contributed by atoms with Crippen molar-refractivity contribution in [3.05, 3.63) is 78.4 Å². The maximum atomic E-state index is 6.06. The van der Waals surface area contributed by atoms with E-state index in [1.54, 1.807) is 0 Å². The minimum atomic E-state index is 0.531.